The van der Waals surface area contributed by atoms with Crippen molar-refractivity contribution in [2.45, 2.75) is 64.5 Å². The lowest BCUT2D eigenvalue weighted by molar-refractivity contribution is -0.138. The van der Waals surface area contributed by atoms with Crippen molar-refractivity contribution in [3.8, 4) is 0 Å². The summed E-state index contributed by atoms with van der Waals surface area (Å²) in [5.41, 5.74) is 8.13. The molecule has 2 amide bonds. The highest BCUT2D eigenvalue weighted by Crippen LogP contribution is 2.27. The molecule has 1 unspecified atom stereocenters. The van der Waals surface area contributed by atoms with E-state index in [0.717, 1.165) is 36.8 Å². The molecule has 1 aromatic carbocycles. The number of aryl methyl sites for hydroxylation is 2. The fraction of sp³-hybridized carbons (Fsp3) is 0.579. The Bertz CT molecular complexity index is 606. The molecule has 1 saturated carbocycles. The molecule has 1 aliphatic rings. The molecule has 1 fully saturated rings. The van der Waals surface area contributed by atoms with Gasteiger partial charge < -0.3 is 10.8 Å². The zero-order valence-electron chi connectivity index (χ0n) is 15.1. The summed E-state index contributed by atoms with van der Waals surface area (Å²) in [6.07, 6.45) is 4.80. The minimum absolute atomic E-state index is 0.321. The maximum absolute atomic E-state index is 12.4. The molecule has 0 saturated heterocycles. The predicted octanol–water partition coefficient (Wildman–Crippen LogP) is 1.80. The van der Waals surface area contributed by atoms with Gasteiger partial charge in [0, 0.05) is 11.6 Å². The molecule has 5 N–H and O–H groups in total. The molecule has 6 nitrogen and oxygen atoms in total. The first-order valence-corrected chi connectivity index (χ1v) is 8.94. The van der Waals surface area contributed by atoms with Crippen LogP contribution < -0.4 is 11.6 Å². The van der Waals surface area contributed by atoms with Crippen molar-refractivity contribution in [2.75, 3.05) is 0 Å². The Morgan fingerprint density at radius 2 is 1.72 bits per heavy atom. The molecule has 0 bridgehead atoms. The third kappa shape index (κ3) is 5.11. The number of hydrogen-bond donors (Lipinski definition) is 3. The van der Waals surface area contributed by atoms with E-state index in [1.54, 1.807) is 12.1 Å². The predicted molar refractivity (Wildman–Crippen MR) is 96.5 cm³/mol. The summed E-state index contributed by atoms with van der Waals surface area (Å²) >= 11 is 0. The smallest absolute Gasteiger partial charge is 0.274 e. The second-order valence-electron chi connectivity index (χ2n) is 7.24. The topological polar surface area (TPSA) is 110 Å². The number of carbonyl (C=O) groups is 2. The van der Waals surface area contributed by atoms with Crippen LogP contribution in [0.2, 0.25) is 0 Å². The van der Waals surface area contributed by atoms with Gasteiger partial charge in [-0.15, -0.1) is 0 Å². The van der Waals surface area contributed by atoms with Crippen LogP contribution in [0.4, 0.5) is 0 Å². The largest absolute Gasteiger partial charge is 0.382 e. The average molecular weight is 347 g/mol. The van der Waals surface area contributed by atoms with Crippen LogP contribution in [0.1, 0.15) is 60.0 Å². The van der Waals surface area contributed by atoms with E-state index in [1.807, 2.05) is 19.9 Å². The lowest BCUT2D eigenvalue weighted by Crippen LogP contribution is -2.53. The number of nitrogens with zero attached hydrogens (tertiary/aromatic N) is 1. The Balaban J connectivity index is 2.00. The van der Waals surface area contributed by atoms with Crippen LogP contribution in [0.25, 0.3) is 0 Å². The Hall–Kier alpha value is -1.76. The molecule has 0 aliphatic heterocycles. The molecule has 0 aromatic heterocycles. The van der Waals surface area contributed by atoms with Crippen LogP contribution in [0, 0.1) is 19.8 Å². The average Bonchev–Trinajstić information content (AvgIpc) is 2.59. The zero-order chi connectivity index (χ0) is 18.6. The molecule has 138 valence electrons. The number of carbonyl (C=O) groups excluding carboxylic acids is 2. The van der Waals surface area contributed by atoms with Crippen LogP contribution in [-0.4, -0.2) is 34.1 Å². The van der Waals surface area contributed by atoms with Crippen LogP contribution in [0.3, 0.4) is 0 Å². The highest BCUT2D eigenvalue weighted by atomic mass is 16.3. The Morgan fingerprint density at radius 3 is 2.28 bits per heavy atom. The summed E-state index contributed by atoms with van der Waals surface area (Å²) in [6.45, 7) is 3.72. The molecule has 1 aliphatic carbocycles. The summed E-state index contributed by atoms with van der Waals surface area (Å²) in [7, 11) is 0. The van der Waals surface area contributed by atoms with Gasteiger partial charge in [0.1, 0.15) is 6.10 Å². The van der Waals surface area contributed by atoms with Crippen molar-refractivity contribution in [3.05, 3.63) is 34.9 Å². The molecular weight excluding hydrogens is 318 g/mol. The fourth-order valence-electron chi connectivity index (χ4n) is 3.60. The van der Waals surface area contributed by atoms with Crippen molar-refractivity contribution in [3.63, 3.8) is 0 Å². The monoisotopic (exact) mass is 347 g/mol. The highest BCUT2D eigenvalue weighted by Gasteiger charge is 2.32. The third-order valence-electron chi connectivity index (χ3n) is 4.91. The van der Waals surface area contributed by atoms with E-state index in [2.05, 4.69) is 0 Å². The van der Waals surface area contributed by atoms with E-state index in [-0.39, 0.29) is 0 Å². The van der Waals surface area contributed by atoms with Gasteiger partial charge in [-0.1, -0.05) is 49.3 Å². The Morgan fingerprint density at radius 1 is 1.16 bits per heavy atom. The molecule has 0 spiro atoms. The standard InChI is InChI=1S/C19H29N3O3/c1-12-8-13(2)10-15(9-12)18(24)22(21)19(25)17(23)16(20)11-14-6-4-3-5-7-14/h8-10,14,16-17,23H,3-7,11,20-21H2,1-2H3/t16-,17?/m1/s1. The van der Waals surface area contributed by atoms with Gasteiger partial charge in [-0.05, 0) is 38.3 Å². The van der Waals surface area contributed by atoms with E-state index in [9.17, 15) is 14.7 Å². The van der Waals surface area contributed by atoms with Crippen molar-refractivity contribution >= 4 is 11.8 Å². The minimum atomic E-state index is -1.47. The van der Waals surface area contributed by atoms with Crippen molar-refractivity contribution < 1.29 is 14.7 Å². The molecule has 25 heavy (non-hydrogen) atoms. The van der Waals surface area contributed by atoms with E-state index in [4.69, 9.17) is 11.6 Å². The van der Waals surface area contributed by atoms with Gasteiger partial charge in [-0.3, -0.25) is 9.59 Å². The quantitative estimate of drug-likeness (QED) is 0.427. The van der Waals surface area contributed by atoms with Crippen LogP contribution in [0.15, 0.2) is 18.2 Å². The maximum atomic E-state index is 12.4. The third-order valence-corrected chi connectivity index (χ3v) is 4.91. The Labute approximate surface area is 149 Å². The zero-order valence-corrected chi connectivity index (χ0v) is 15.1. The number of hydrazine groups is 1. The molecular formula is C19H29N3O3. The van der Waals surface area contributed by atoms with Gasteiger partial charge in [0.2, 0.25) is 0 Å². The second-order valence-corrected chi connectivity index (χ2v) is 7.24. The van der Waals surface area contributed by atoms with Gasteiger partial charge >= 0.3 is 0 Å². The summed E-state index contributed by atoms with van der Waals surface area (Å²) in [6, 6.07) is 4.54. The maximum Gasteiger partial charge on any atom is 0.274 e. The molecule has 1 aromatic rings. The van der Waals surface area contributed by atoms with Crippen molar-refractivity contribution in [1.29, 1.82) is 0 Å². The fourth-order valence-corrected chi connectivity index (χ4v) is 3.60. The Kier molecular flexibility index (Phi) is 6.70. The number of amides is 2. The summed E-state index contributed by atoms with van der Waals surface area (Å²) in [5.74, 6) is 4.61. The van der Waals surface area contributed by atoms with E-state index in [0.29, 0.717) is 22.9 Å². The van der Waals surface area contributed by atoms with Gasteiger partial charge in [-0.25, -0.2) is 10.9 Å². The van der Waals surface area contributed by atoms with Crippen LogP contribution in [-0.2, 0) is 4.79 Å². The van der Waals surface area contributed by atoms with E-state index in [1.165, 1.54) is 6.42 Å². The number of nitrogens with two attached hydrogens (primary N) is 2. The normalized spacial score (nSPS) is 17.8. The van der Waals surface area contributed by atoms with Crippen LogP contribution >= 0.6 is 0 Å². The summed E-state index contributed by atoms with van der Waals surface area (Å²) in [5, 5.41) is 10.7. The van der Waals surface area contributed by atoms with E-state index < -0.39 is 24.0 Å². The number of imide groups is 1. The van der Waals surface area contributed by atoms with Gasteiger partial charge in [0.05, 0.1) is 0 Å². The van der Waals surface area contributed by atoms with Crippen molar-refractivity contribution in [2.24, 2.45) is 17.5 Å². The number of aliphatic hydroxyl groups excluding tert-OH is 1. The molecule has 2 rings (SSSR count). The van der Waals surface area contributed by atoms with Crippen molar-refractivity contribution in [1.82, 2.24) is 5.01 Å². The molecule has 2 atom stereocenters. The summed E-state index contributed by atoms with van der Waals surface area (Å²) in [4.78, 5) is 24.8. The van der Waals surface area contributed by atoms with Gasteiger partial charge in [0.15, 0.2) is 0 Å². The molecule has 0 heterocycles. The first kappa shape index (κ1) is 19.6. The lowest BCUT2D eigenvalue weighted by atomic mass is 9.84. The number of benzene rings is 1. The van der Waals surface area contributed by atoms with Crippen LogP contribution in [0.5, 0.6) is 0 Å². The number of rotatable bonds is 5. The van der Waals surface area contributed by atoms with Gasteiger partial charge in [0.25, 0.3) is 11.8 Å². The van der Waals surface area contributed by atoms with Gasteiger partial charge in [-0.2, -0.15) is 0 Å². The first-order valence-electron chi connectivity index (χ1n) is 8.94. The SMILES string of the molecule is Cc1cc(C)cc(C(=O)N(N)C(=O)C(O)[C@H](N)CC2CCCCC2)c1. The summed E-state index contributed by atoms with van der Waals surface area (Å²) < 4.78 is 0. The number of aliphatic hydroxyl groups is 1. The highest BCUT2D eigenvalue weighted by molar-refractivity contribution is 6.05. The molecule has 0 radical (unpaired) electrons. The minimum Gasteiger partial charge on any atom is -0.382 e. The second kappa shape index (κ2) is 8.56. The van der Waals surface area contributed by atoms with E-state index >= 15 is 0 Å². The molecule has 6 heteroatoms. The lowest BCUT2D eigenvalue weighted by Gasteiger charge is -2.28. The first-order chi connectivity index (χ1) is 11.8. The number of hydrogen-bond acceptors (Lipinski definition) is 5.